The van der Waals surface area contributed by atoms with Crippen molar-refractivity contribution in [3.63, 3.8) is 0 Å². The van der Waals surface area contributed by atoms with Gasteiger partial charge in [0, 0.05) is 23.5 Å². The van der Waals surface area contributed by atoms with E-state index in [0.29, 0.717) is 0 Å². The maximum absolute atomic E-state index is 5.42. The fourth-order valence-corrected chi connectivity index (χ4v) is 6.93. The van der Waals surface area contributed by atoms with Crippen LogP contribution in [0.25, 0.3) is 89.2 Å². The Hall–Kier alpha value is -6.97. The van der Waals surface area contributed by atoms with Gasteiger partial charge in [0.2, 0.25) is 0 Å². The van der Waals surface area contributed by atoms with Gasteiger partial charge in [0.25, 0.3) is 0 Å². The molecule has 244 valence electrons. The van der Waals surface area contributed by atoms with Crippen LogP contribution in [0.2, 0.25) is 0 Å². The van der Waals surface area contributed by atoms with E-state index in [4.69, 9.17) is 9.97 Å². The zero-order valence-corrected chi connectivity index (χ0v) is 28.4. The summed E-state index contributed by atoms with van der Waals surface area (Å²) in [7, 11) is 0. The van der Waals surface area contributed by atoms with Crippen molar-refractivity contribution in [1.29, 1.82) is 0 Å². The van der Waals surface area contributed by atoms with Gasteiger partial charge in [-0.05, 0) is 86.0 Å². The normalized spacial score (nSPS) is 11.1. The average molecular weight is 664 g/mol. The molecule has 0 bridgehead atoms. The summed E-state index contributed by atoms with van der Waals surface area (Å²) < 4.78 is 0. The van der Waals surface area contributed by atoms with Crippen molar-refractivity contribution in [2.24, 2.45) is 0 Å². The Kier molecular flexibility index (Phi) is 8.20. The third-order valence-electron chi connectivity index (χ3n) is 9.57. The molecule has 0 aliphatic heterocycles. The Morgan fingerprint density at radius 3 is 1.13 bits per heavy atom. The van der Waals surface area contributed by atoms with Gasteiger partial charge in [-0.25, -0.2) is 9.97 Å². The zero-order valence-electron chi connectivity index (χ0n) is 28.4. The number of hydrogen-bond donors (Lipinski definition) is 0. The number of rotatable bonds is 7. The van der Waals surface area contributed by atoms with Crippen molar-refractivity contribution in [3.8, 4) is 78.1 Å². The Balaban J connectivity index is 1.26. The summed E-state index contributed by atoms with van der Waals surface area (Å²) in [6.07, 6.45) is 3.69. The minimum absolute atomic E-state index is 0.842. The largest absolute Gasteiger partial charge is 0.264 e. The molecular weight excluding hydrogens is 631 g/mol. The van der Waals surface area contributed by atoms with Crippen molar-refractivity contribution in [2.75, 3.05) is 0 Å². The lowest BCUT2D eigenvalue weighted by atomic mass is 9.90. The van der Waals surface area contributed by atoms with E-state index in [2.05, 4.69) is 181 Å². The van der Waals surface area contributed by atoms with Crippen molar-refractivity contribution in [1.82, 2.24) is 15.0 Å². The van der Waals surface area contributed by atoms with E-state index in [1.54, 1.807) is 6.20 Å². The third kappa shape index (κ3) is 6.17. The summed E-state index contributed by atoms with van der Waals surface area (Å²) in [5.41, 5.74) is 16.8. The van der Waals surface area contributed by atoms with E-state index in [9.17, 15) is 0 Å². The summed E-state index contributed by atoms with van der Waals surface area (Å²) in [5.74, 6) is 0. The van der Waals surface area contributed by atoms with Crippen molar-refractivity contribution in [2.45, 2.75) is 0 Å². The number of pyridine rings is 1. The van der Waals surface area contributed by atoms with Gasteiger partial charge in [-0.1, -0.05) is 158 Å². The summed E-state index contributed by atoms with van der Waals surface area (Å²) in [6, 6.07) is 66.1. The predicted octanol–water partition coefficient (Wildman–Crippen LogP) is 12.7. The predicted molar refractivity (Wildman–Crippen MR) is 215 cm³/mol. The Bertz CT molecular complexity index is 2640. The molecule has 7 aromatic carbocycles. The van der Waals surface area contributed by atoms with Crippen LogP contribution in [0.3, 0.4) is 0 Å². The molecule has 0 unspecified atom stereocenters. The molecule has 0 N–H and O–H groups in total. The van der Waals surface area contributed by atoms with E-state index < -0.39 is 0 Å². The molecule has 0 amide bonds. The number of fused-ring (bicyclic) bond motifs is 1. The molecule has 9 rings (SSSR count). The van der Waals surface area contributed by atoms with Crippen LogP contribution in [0.4, 0.5) is 0 Å². The molecule has 0 aliphatic carbocycles. The molecule has 9 aromatic rings. The van der Waals surface area contributed by atoms with E-state index in [1.165, 1.54) is 22.3 Å². The van der Waals surface area contributed by atoms with Crippen LogP contribution in [0, 0.1) is 0 Å². The maximum Gasteiger partial charge on any atom is 0.0973 e. The third-order valence-corrected chi connectivity index (χ3v) is 9.57. The standard InChI is InChI=1S/C49H33N3/c1-4-13-34(14-5-1)39-19-10-21-41(29-39)44-31-46-47(32-45(44)42-22-11-20-40(30-42)35-15-6-2-7-16-35)52-49(48(51-46)37-17-8-3-9-18-37)38-26-24-36(25-27-38)43-23-12-28-50-33-43/h1-33H. The van der Waals surface area contributed by atoms with E-state index in [-0.39, 0.29) is 0 Å². The molecule has 0 saturated heterocycles. The highest BCUT2D eigenvalue weighted by atomic mass is 14.8. The van der Waals surface area contributed by atoms with Crippen molar-refractivity contribution >= 4 is 11.0 Å². The van der Waals surface area contributed by atoms with Gasteiger partial charge in [-0.2, -0.15) is 0 Å². The molecule has 0 saturated carbocycles. The van der Waals surface area contributed by atoms with Crippen LogP contribution in [0.5, 0.6) is 0 Å². The first-order chi connectivity index (χ1) is 25.8. The summed E-state index contributed by atoms with van der Waals surface area (Å²) in [6.45, 7) is 0. The first-order valence-corrected chi connectivity index (χ1v) is 17.5. The molecule has 0 fully saturated rings. The summed E-state index contributed by atoms with van der Waals surface area (Å²) in [5, 5.41) is 0. The molecular formula is C49H33N3. The van der Waals surface area contributed by atoms with Crippen LogP contribution in [0.1, 0.15) is 0 Å². The number of nitrogens with zero attached hydrogens (tertiary/aromatic N) is 3. The molecule has 3 nitrogen and oxygen atoms in total. The van der Waals surface area contributed by atoms with Gasteiger partial charge < -0.3 is 0 Å². The zero-order chi connectivity index (χ0) is 34.7. The highest BCUT2D eigenvalue weighted by molar-refractivity contribution is 5.97. The second kappa shape index (κ2) is 13.7. The first-order valence-electron chi connectivity index (χ1n) is 17.5. The Labute approximate surface area is 303 Å². The van der Waals surface area contributed by atoms with E-state index in [0.717, 1.165) is 66.9 Å². The van der Waals surface area contributed by atoms with Crippen LogP contribution < -0.4 is 0 Å². The van der Waals surface area contributed by atoms with Gasteiger partial charge in [0.05, 0.1) is 22.4 Å². The topological polar surface area (TPSA) is 38.7 Å². The van der Waals surface area contributed by atoms with Crippen molar-refractivity contribution < 1.29 is 0 Å². The van der Waals surface area contributed by atoms with Crippen LogP contribution >= 0.6 is 0 Å². The second-order valence-corrected chi connectivity index (χ2v) is 12.9. The monoisotopic (exact) mass is 663 g/mol. The highest BCUT2D eigenvalue weighted by Crippen LogP contribution is 2.40. The fraction of sp³-hybridized carbons (Fsp3) is 0. The smallest absolute Gasteiger partial charge is 0.0973 e. The summed E-state index contributed by atoms with van der Waals surface area (Å²) in [4.78, 5) is 15.1. The quantitative estimate of drug-likeness (QED) is 0.170. The Morgan fingerprint density at radius 1 is 0.269 bits per heavy atom. The highest BCUT2D eigenvalue weighted by Gasteiger charge is 2.18. The number of benzene rings is 7. The lowest BCUT2D eigenvalue weighted by Gasteiger charge is -2.16. The SMILES string of the molecule is c1ccc(-c2cccc(-c3cc4nc(-c5ccccc5)c(-c5ccc(-c6cccnc6)cc5)nc4cc3-c3cccc(-c4ccccc4)c3)c2)cc1. The molecule has 52 heavy (non-hydrogen) atoms. The minimum Gasteiger partial charge on any atom is -0.264 e. The molecule has 0 spiro atoms. The van der Waals surface area contributed by atoms with Gasteiger partial charge in [-0.15, -0.1) is 0 Å². The molecule has 2 aromatic heterocycles. The number of hydrogen-bond acceptors (Lipinski definition) is 3. The van der Waals surface area contributed by atoms with Crippen molar-refractivity contribution in [3.05, 3.63) is 200 Å². The molecule has 2 heterocycles. The van der Waals surface area contributed by atoms with Gasteiger partial charge in [0.15, 0.2) is 0 Å². The molecule has 0 aliphatic rings. The first kappa shape index (κ1) is 31.0. The Morgan fingerprint density at radius 2 is 0.654 bits per heavy atom. The van der Waals surface area contributed by atoms with E-state index >= 15 is 0 Å². The van der Waals surface area contributed by atoms with Gasteiger partial charge in [0.1, 0.15) is 0 Å². The lowest BCUT2D eigenvalue weighted by molar-refractivity contribution is 1.29. The van der Waals surface area contributed by atoms with Gasteiger partial charge in [-0.3, -0.25) is 4.98 Å². The fourth-order valence-electron chi connectivity index (χ4n) is 6.93. The van der Waals surface area contributed by atoms with Gasteiger partial charge >= 0.3 is 0 Å². The number of aromatic nitrogens is 3. The lowest BCUT2D eigenvalue weighted by Crippen LogP contribution is -1.97. The average Bonchev–Trinajstić information content (AvgIpc) is 3.24. The maximum atomic E-state index is 5.42. The molecule has 0 radical (unpaired) electrons. The van der Waals surface area contributed by atoms with Crippen LogP contribution in [0.15, 0.2) is 200 Å². The second-order valence-electron chi connectivity index (χ2n) is 12.9. The molecule has 3 heteroatoms. The van der Waals surface area contributed by atoms with Crippen LogP contribution in [-0.2, 0) is 0 Å². The molecule has 0 atom stereocenters. The van der Waals surface area contributed by atoms with E-state index in [1.807, 2.05) is 18.3 Å². The minimum atomic E-state index is 0.842. The van der Waals surface area contributed by atoms with Crippen LogP contribution in [-0.4, -0.2) is 15.0 Å². The summed E-state index contributed by atoms with van der Waals surface area (Å²) >= 11 is 0.